The molecule has 4 aliphatic rings. The molecule has 1 aliphatic carbocycles. The first-order valence-electron chi connectivity index (χ1n) is 20.8. The second-order valence-electron chi connectivity index (χ2n) is 17.2. The number of nitrogens with zero attached hydrogens (tertiary/aromatic N) is 4. The second-order valence-corrected chi connectivity index (χ2v) is 21.8. The van der Waals surface area contributed by atoms with Gasteiger partial charge in [-0.15, -0.1) is 5.06 Å². The Kier molecular flexibility index (Phi) is 12.7. The first-order valence-corrected chi connectivity index (χ1v) is 24.5. The van der Waals surface area contributed by atoms with E-state index in [4.69, 9.17) is 4.84 Å². The van der Waals surface area contributed by atoms with Gasteiger partial charge in [-0.2, -0.15) is 4.58 Å². The number of likely N-dealkylation sites (N-methyl/N-ethyl adjacent to an activating group) is 1. The summed E-state index contributed by atoms with van der Waals surface area (Å²) in [4.78, 5) is 46.5. The standard InChI is InChI=1S/C47H52N4O9S3/c1-46(2)36-30-35(63(57,58)59)21-23-38(36)49(6)40(46)24-18-31-13-11-14-32(45(31)61-33-15-9-8-10-16-33)19-25-41-47(3,28-12-17-44(54)60-51-42(52)26-27-43(51)53)37-29-34(62(55,56)48(4)5)20-22-39(37)50(41)7/h8-10,15-16,18-25,29-30H,11-14,17,26-28H2,1-7H3. The molecule has 2 amide bonds. The van der Waals surface area contributed by atoms with Gasteiger partial charge in [0, 0.05) is 84.7 Å². The molecule has 332 valence electrons. The molecule has 3 aliphatic heterocycles. The summed E-state index contributed by atoms with van der Waals surface area (Å²) in [6.45, 7) is 6.08. The lowest BCUT2D eigenvalue weighted by molar-refractivity contribution is -0.401. The lowest BCUT2D eigenvalue weighted by Gasteiger charge is -2.29. The van der Waals surface area contributed by atoms with E-state index in [1.807, 2.05) is 63.7 Å². The van der Waals surface area contributed by atoms with Gasteiger partial charge in [-0.3, -0.25) is 9.59 Å². The van der Waals surface area contributed by atoms with Crippen LogP contribution < -0.4 is 4.90 Å². The van der Waals surface area contributed by atoms with Gasteiger partial charge in [0.15, 0.2) is 5.71 Å². The van der Waals surface area contributed by atoms with Crippen LogP contribution in [0.2, 0.25) is 0 Å². The summed E-state index contributed by atoms with van der Waals surface area (Å²) < 4.78 is 65.8. The van der Waals surface area contributed by atoms with Crippen molar-refractivity contribution < 1.29 is 45.2 Å². The molecule has 7 rings (SSSR count). The molecule has 1 unspecified atom stereocenters. The van der Waals surface area contributed by atoms with Crippen LogP contribution in [0.1, 0.15) is 83.3 Å². The largest absolute Gasteiger partial charge is 0.744 e. The zero-order chi connectivity index (χ0) is 45.6. The van der Waals surface area contributed by atoms with Crippen LogP contribution in [0.15, 0.2) is 127 Å². The average Bonchev–Trinajstić information content (AvgIpc) is 3.73. The highest BCUT2D eigenvalue weighted by molar-refractivity contribution is 8.03. The van der Waals surface area contributed by atoms with Crippen molar-refractivity contribution in [2.45, 2.75) is 97.7 Å². The number of amides is 2. The smallest absolute Gasteiger partial charge is 0.333 e. The fourth-order valence-corrected chi connectivity index (χ4v) is 11.6. The second kappa shape index (κ2) is 17.4. The number of hydrogen-bond donors (Lipinski definition) is 0. The number of sulfonamides is 1. The fraction of sp³-hybridized carbons (Fsp3) is 0.362. The Labute approximate surface area is 374 Å². The van der Waals surface area contributed by atoms with Crippen LogP contribution in [0.25, 0.3) is 0 Å². The molecule has 3 heterocycles. The third-order valence-electron chi connectivity index (χ3n) is 12.5. The molecule has 3 aromatic carbocycles. The number of hydrogen-bond acceptors (Lipinski definition) is 11. The van der Waals surface area contributed by atoms with Crippen molar-refractivity contribution in [1.82, 2.24) is 9.37 Å². The lowest BCUT2D eigenvalue weighted by atomic mass is 9.77. The number of benzene rings is 3. The molecule has 0 bridgehead atoms. The molecule has 0 N–H and O–H groups in total. The van der Waals surface area contributed by atoms with Gasteiger partial charge in [0.05, 0.1) is 15.2 Å². The Morgan fingerprint density at radius 2 is 1.56 bits per heavy atom. The molecule has 0 saturated carbocycles. The summed E-state index contributed by atoms with van der Waals surface area (Å²) in [7, 11) is -1.54. The van der Waals surface area contributed by atoms with Gasteiger partial charge in [-0.25, -0.2) is 25.9 Å². The van der Waals surface area contributed by atoms with E-state index >= 15 is 0 Å². The van der Waals surface area contributed by atoms with E-state index in [1.54, 1.807) is 30.0 Å². The van der Waals surface area contributed by atoms with Crippen LogP contribution in [0.5, 0.6) is 0 Å². The lowest BCUT2D eigenvalue weighted by Crippen LogP contribution is -2.32. The van der Waals surface area contributed by atoms with E-state index < -0.39 is 48.8 Å². The van der Waals surface area contributed by atoms with Gasteiger partial charge in [0.2, 0.25) is 15.7 Å². The molecule has 1 atom stereocenters. The van der Waals surface area contributed by atoms with Crippen LogP contribution in [-0.2, 0) is 50.2 Å². The van der Waals surface area contributed by atoms with E-state index in [0.29, 0.717) is 17.9 Å². The van der Waals surface area contributed by atoms with Gasteiger partial charge in [-0.1, -0.05) is 42.1 Å². The summed E-state index contributed by atoms with van der Waals surface area (Å²) in [6, 6.07) is 19.8. The molecule has 0 spiro atoms. The Balaban J connectivity index is 1.27. The van der Waals surface area contributed by atoms with E-state index in [-0.39, 0.29) is 29.1 Å². The van der Waals surface area contributed by atoms with Crippen molar-refractivity contribution in [3.05, 3.63) is 124 Å². The van der Waals surface area contributed by atoms with Gasteiger partial charge < -0.3 is 14.3 Å². The SMILES string of the molecule is CN1/C(=C/C=C2\CCCC(/C=C/C3=[N+](C)c4ccc(S(=O)(=O)[O-])cc4C3(C)C)=C2Sc2ccccc2)C(C)(CCCC(=O)ON2C(=O)CCC2=O)c2cc(S(=O)(=O)N(C)C)ccc21. The first kappa shape index (κ1) is 45.9. The quantitative estimate of drug-likeness (QED) is 0.0941. The number of carbonyl (C=O) groups is 3. The van der Waals surface area contributed by atoms with Crippen molar-refractivity contribution in [2.75, 3.05) is 33.1 Å². The summed E-state index contributed by atoms with van der Waals surface area (Å²) in [6.07, 6.45) is 11.6. The zero-order valence-electron chi connectivity index (χ0n) is 36.5. The monoisotopic (exact) mass is 912 g/mol. The molecule has 1 saturated heterocycles. The van der Waals surface area contributed by atoms with Gasteiger partial charge in [0.1, 0.15) is 17.2 Å². The van der Waals surface area contributed by atoms with Crippen LogP contribution >= 0.6 is 11.8 Å². The zero-order valence-corrected chi connectivity index (χ0v) is 39.0. The number of fused-ring (bicyclic) bond motifs is 2. The summed E-state index contributed by atoms with van der Waals surface area (Å²) in [5.41, 5.74) is 5.96. The fourth-order valence-electron chi connectivity index (χ4n) is 9.00. The number of carbonyl (C=O) groups excluding carboxylic acids is 3. The molecule has 0 radical (unpaired) electrons. The summed E-state index contributed by atoms with van der Waals surface area (Å²) >= 11 is 1.68. The number of thioether (sulfide) groups is 1. The Morgan fingerprint density at radius 3 is 2.22 bits per heavy atom. The maximum absolute atomic E-state index is 13.4. The van der Waals surface area contributed by atoms with E-state index in [0.717, 1.165) is 74.1 Å². The number of allylic oxidation sites excluding steroid dienone is 7. The Bertz CT molecular complexity index is 2770. The van der Waals surface area contributed by atoms with E-state index in [1.165, 1.54) is 30.5 Å². The minimum Gasteiger partial charge on any atom is -0.744 e. The van der Waals surface area contributed by atoms with Crippen molar-refractivity contribution in [3.63, 3.8) is 0 Å². The van der Waals surface area contributed by atoms with Gasteiger partial charge >= 0.3 is 5.97 Å². The highest BCUT2D eigenvalue weighted by Crippen LogP contribution is 2.51. The predicted octanol–water partition coefficient (Wildman–Crippen LogP) is 7.63. The highest BCUT2D eigenvalue weighted by Gasteiger charge is 2.45. The molecule has 1 fully saturated rings. The highest BCUT2D eigenvalue weighted by atomic mass is 32.2. The van der Waals surface area contributed by atoms with Gasteiger partial charge in [-0.05, 0) is 118 Å². The molecule has 0 aromatic heterocycles. The normalized spacial score (nSPS) is 21.5. The number of anilines is 1. The van der Waals surface area contributed by atoms with Crippen LogP contribution in [0.3, 0.4) is 0 Å². The average molecular weight is 913 g/mol. The number of hydroxylamine groups is 2. The summed E-state index contributed by atoms with van der Waals surface area (Å²) in [5.74, 6) is -1.79. The number of imide groups is 1. The third-order valence-corrected chi connectivity index (χ3v) is 16.4. The third kappa shape index (κ3) is 8.88. The minimum atomic E-state index is -4.63. The van der Waals surface area contributed by atoms with Crippen LogP contribution in [0.4, 0.5) is 11.4 Å². The maximum atomic E-state index is 13.4. The Morgan fingerprint density at radius 1 is 0.889 bits per heavy atom. The van der Waals surface area contributed by atoms with Crippen LogP contribution in [0, 0.1) is 0 Å². The van der Waals surface area contributed by atoms with Crippen molar-refractivity contribution >= 4 is 66.8 Å². The van der Waals surface area contributed by atoms with Crippen molar-refractivity contribution in [2.24, 2.45) is 0 Å². The minimum absolute atomic E-state index is 0.00157. The first-order chi connectivity index (χ1) is 29.6. The predicted molar refractivity (Wildman–Crippen MR) is 241 cm³/mol. The van der Waals surface area contributed by atoms with Gasteiger partial charge in [0.25, 0.3) is 11.8 Å². The molecular weight excluding hydrogens is 861 g/mol. The van der Waals surface area contributed by atoms with E-state index in [9.17, 15) is 35.8 Å². The number of rotatable bonds is 13. The molecule has 16 heteroatoms. The topological polar surface area (TPSA) is 165 Å². The van der Waals surface area contributed by atoms with Crippen molar-refractivity contribution in [3.8, 4) is 0 Å². The van der Waals surface area contributed by atoms with Crippen LogP contribution in [-0.4, -0.2) is 87.0 Å². The molecule has 63 heavy (non-hydrogen) atoms. The summed E-state index contributed by atoms with van der Waals surface area (Å²) in [5, 5.41) is 0.551. The van der Waals surface area contributed by atoms with E-state index in [2.05, 4.69) is 41.3 Å². The molecule has 3 aromatic rings. The Hall–Kier alpha value is -5.13. The maximum Gasteiger partial charge on any atom is 0.333 e. The molecule has 13 nitrogen and oxygen atoms in total. The van der Waals surface area contributed by atoms with Crippen molar-refractivity contribution in [1.29, 1.82) is 0 Å². The molecular formula is C47H52N4O9S3.